The van der Waals surface area contributed by atoms with Gasteiger partial charge in [0.2, 0.25) is 0 Å². The molecule has 0 radical (unpaired) electrons. The van der Waals surface area contributed by atoms with Crippen molar-refractivity contribution < 1.29 is 0 Å². The summed E-state index contributed by atoms with van der Waals surface area (Å²) in [5.74, 6) is 2.05. The zero-order valence-electron chi connectivity index (χ0n) is 18.5. The highest BCUT2D eigenvalue weighted by molar-refractivity contribution is 5.71. The van der Waals surface area contributed by atoms with E-state index in [0.717, 1.165) is 49.6 Å². The van der Waals surface area contributed by atoms with E-state index in [4.69, 9.17) is 9.97 Å². The number of benzene rings is 2. The molecular weight excluding hydrogens is 398 g/mol. The number of nitrogens with one attached hydrogen (secondary N) is 1. The molecule has 1 fully saturated rings. The Hall–Kier alpha value is -3.25. The van der Waals surface area contributed by atoms with Gasteiger partial charge in [-0.1, -0.05) is 60.7 Å². The first-order valence-corrected chi connectivity index (χ1v) is 11.5. The largest absolute Gasteiger partial charge is 0.317 e. The maximum absolute atomic E-state index is 13.5. The summed E-state index contributed by atoms with van der Waals surface area (Å²) < 4.78 is 3.82. The summed E-state index contributed by atoms with van der Waals surface area (Å²) >= 11 is 0. The molecule has 6 heteroatoms. The van der Waals surface area contributed by atoms with E-state index < -0.39 is 0 Å². The topological polar surface area (TPSA) is 64.7 Å². The first-order chi connectivity index (χ1) is 15.7. The quantitative estimate of drug-likeness (QED) is 0.512. The van der Waals surface area contributed by atoms with Crippen molar-refractivity contribution in [2.45, 2.75) is 38.1 Å². The Kier molecular flexibility index (Phi) is 5.86. The van der Waals surface area contributed by atoms with Crippen molar-refractivity contribution in [3.8, 4) is 0 Å². The van der Waals surface area contributed by atoms with Crippen LogP contribution in [0.1, 0.15) is 41.5 Å². The summed E-state index contributed by atoms with van der Waals surface area (Å²) in [6, 6.07) is 20.6. The van der Waals surface area contributed by atoms with Crippen molar-refractivity contribution in [1.82, 2.24) is 24.4 Å². The van der Waals surface area contributed by atoms with Gasteiger partial charge in [-0.2, -0.15) is 0 Å². The molecule has 1 atom stereocenters. The lowest BCUT2D eigenvalue weighted by molar-refractivity contribution is 0.437. The highest BCUT2D eigenvalue weighted by atomic mass is 16.1. The lowest BCUT2D eigenvalue weighted by Gasteiger charge is -2.23. The zero-order chi connectivity index (χ0) is 21.9. The molecule has 1 unspecified atom stereocenters. The Balaban J connectivity index is 1.57. The Morgan fingerprint density at radius 2 is 1.69 bits per heavy atom. The molecule has 0 aliphatic carbocycles. The van der Waals surface area contributed by atoms with E-state index in [1.165, 1.54) is 5.56 Å². The van der Waals surface area contributed by atoms with Gasteiger partial charge in [0, 0.05) is 32.5 Å². The highest BCUT2D eigenvalue weighted by Crippen LogP contribution is 2.26. The SMILES string of the molecule is Cn1c(CCc2ccccc2)nc2nc(C3CCCNC3)n(Cc3ccccc3)c2c1=O. The number of fused-ring (bicyclic) bond motifs is 1. The number of hydrogen-bond acceptors (Lipinski definition) is 4. The van der Waals surface area contributed by atoms with E-state index in [0.29, 0.717) is 30.0 Å². The Bertz CT molecular complexity index is 1250. The van der Waals surface area contributed by atoms with Crippen molar-refractivity contribution >= 4 is 11.2 Å². The van der Waals surface area contributed by atoms with E-state index >= 15 is 0 Å². The third kappa shape index (κ3) is 4.10. The van der Waals surface area contributed by atoms with Gasteiger partial charge < -0.3 is 9.88 Å². The van der Waals surface area contributed by atoms with Crippen LogP contribution in [0.2, 0.25) is 0 Å². The molecule has 1 aliphatic rings. The number of imidazole rings is 1. The number of nitrogens with zero attached hydrogens (tertiary/aromatic N) is 4. The van der Waals surface area contributed by atoms with Crippen LogP contribution in [-0.2, 0) is 26.4 Å². The van der Waals surface area contributed by atoms with E-state index in [1.54, 1.807) is 4.57 Å². The van der Waals surface area contributed by atoms with Crippen LogP contribution < -0.4 is 10.9 Å². The summed E-state index contributed by atoms with van der Waals surface area (Å²) in [7, 11) is 1.83. The van der Waals surface area contributed by atoms with Crippen LogP contribution in [0.25, 0.3) is 11.2 Å². The maximum atomic E-state index is 13.5. The van der Waals surface area contributed by atoms with Crippen molar-refractivity contribution in [3.63, 3.8) is 0 Å². The molecular formula is C26H29N5O. The maximum Gasteiger partial charge on any atom is 0.279 e. The normalized spacial score (nSPS) is 16.5. The van der Waals surface area contributed by atoms with Crippen LogP contribution >= 0.6 is 0 Å². The smallest absolute Gasteiger partial charge is 0.279 e. The number of aryl methyl sites for hydroxylation is 2. The van der Waals surface area contributed by atoms with Gasteiger partial charge in [0.15, 0.2) is 11.2 Å². The molecule has 5 rings (SSSR count). The first kappa shape index (κ1) is 20.6. The molecule has 32 heavy (non-hydrogen) atoms. The molecule has 0 saturated carbocycles. The molecule has 0 amide bonds. The third-order valence-corrected chi connectivity index (χ3v) is 6.43. The minimum Gasteiger partial charge on any atom is -0.317 e. The molecule has 1 N–H and O–H groups in total. The molecule has 1 aliphatic heterocycles. The van der Waals surface area contributed by atoms with Crippen LogP contribution in [0.4, 0.5) is 0 Å². The minimum atomic E-state index is -0.0171. The van der Waals surface area contributed by atoms with Crippen molar-refractivity contribution in [1.29, 1.82) is 0 Å². The van der Waals surface area contributed by atoms with Crippen molar-refractivity contribution in [2.75, 3.05) is 13.1 Å². The predicted octanol–water partition coefficient (Wildman–Crippen LogP) is 3.43. The molecule has 3 heterocycles. The number of piperidine rings is 1. The first-order valence-electron chi connectivity index (χ1n) is 11.5. The average molecular weight is 428 g/mol. The minimum absolute atomic E-state index is 0.0171. The fourth-order valence-corrected chi connectivity index (χ4v) is 4.65. The highest BCUT2D eigenvalue weighted by Gasteiger charge is 2.25. The van der Waals surface area contributed by atoms with Crippen LogP contribution in [0.3, 0.4) is 0 Å². The van der Waals surface area contributed by atoms with E-state index in [1.807, 2.05) is 43.4 Å². The van der Waals surface area contributed by atoms with Crippen LogP contribution in [0.15, 0.2) is 65.5 Å². The van der Waals surface area contributed by atoms with Crippen LogP contribution in [0.5, 0.6) is 0 Å². The number of rotatable bonds is 6. The van der Waals surface area contributed by atoms with Gasteiger partial charge in [0.1, 0.15) is 11.6 Å². The van der Waals surface area contributed by atoms with Gasteiger partial charge in [0.05, 0.1) is 0 Å². The van der Waals surface area contributed by atoms with Gasteiger partial charge in [-0.3, -0.25) is 9.36 Å². The van der Waals surface area contributed by atoms with Gasteiger partial charge >= 0.3 is 0 Å². The fraction of sp³-hybridized carbons (Fsp3) is 0.346. The van der Waals surface area contributed by atoms with Gasteiger partial charge in [0.25, 0.3) is 5.56 Å². The van der Waals surface area contributed by atoms with E-state index in [2.05, 4.69) is 34.1 Å². The second-order valence-corrected chi connectivity index (χ2v) is 8.64. The number of aromatic nitrogens is 4. The molecule has 2 aromatic heterocycles. The molecule has 1 saturated heterocycles. The average Bonchev–Trinajstić information content (AvgIpc) is 3.20. The Morgan fingerprint density at radius 1 is 0.969 bits per heavy atom. The molecule has 0 spiro atoms. The summed E-state index contributed by atoms with van der Waals surface area (Å²) in [6.07, 6.45) is 3.74. The molecule has 2 aromatic carbocycles. The van der Waals surface area contributed by atoms with E-state index in [-0.39, 0.29) is 5.56 Å². The van der Waals surface area contributed by atoms with E-state index in [9.17, 15) is 4.79 Å². The van der Waals surface area contributed by atoms with Crippen molar-refractivity contribution in [2.24, 2.45) is 7.05 Å². The predicted molar refractivity (Wildman–Crippen MR) is 127 cm³/mol. The fourth-order valence-electron chi connectivity index (χ4n) is 4.65. The Labute approximate surface area is 188 Å². The second-order valence-electron chi connectivity index (χ2n) is 8.64. The van der Waals surface area contributed by atoms with Crippen molar-refractivity contribution in [3.05, 3.63) is 93.8 Å². The zero-order valence-corrected chi connectivity index (χ0v) is 18.5. The lowest BCUT2D eigenvalue weighted by atomic mass is 9.99. The van der Waals surface area contributed by atoms with Crippen LogP contribution in [-0.4, -0.2) is 32.2 Å². The standard InChI is InChI=1S/C26H29N5O/c1-30-22(15-14-19-9-4-2-5-10-19)28-24-23(26(30)32)31(18-20-11-6-3-7-12-20)25(29-24)21-13-8-16-27-17-21/h2-7,9-12,21,27H,8,13-18H2,1H3. The number of hydrogen-bond donors (Lipinski definition) is 1. The van der Waals surface area contributed by atoms with Gasteiger partial charge in [-0.05, 0) is 36.9 Å². The Morgan fingerprint density at radius 3 is 2.38 bits per heavy atom. The lowest BCUT2D eigenvalue weighted by Crippen LogP contribution is -2.30. The van der Waals surface area contributed by atoms with Gasteiger partial charge in [-0.15, -0.1) is 0 Å². The summed E-state index contributed by atoms with van der Waals surface area (Å²) in [5.41, 5.74) is 3.57. The molecule has 6 nitrogen and oxygen atoms in total. The summed E-state index contributed by atoms with van der Waals surface area (Å²) in [5, 5.41) is 3.49. The molecule has 4 aromatic rings. The molecule has 164 valence electrons. The third-order valence-electron chi connectivity index (χ3n) is 6.43. The summed E-state index contributed by atoms with van der Waals surface area (Å²) in [6.45, 7) is 2.56. The monoisotopic (exact) mass is 427 g/mol. The van der Waals surface area contributed by atoms with Gasteiger partial charge in [-0.25, -0.2) is 9.97 Å². The summed E-state index contributed by atoms with van der Waals surface area (Å²) in [4.78, 5) is 23.3. The van der Waals surface area contributed by atoms with Crippen LogP contribution in [0, 0.1) is 0 Å². The molecule has 0 bridgehead atoms. The second kappa shape index (κ2) is 9.09.